The molecule has 186 valence electrons. The van der Waals surface area contributed by atoms with Crippen molar-refractivity contribution in [1.29, 1.82) is 0 Å². The average Bonchev–Trinajstić information content (AvgIpc) is 3.06. The zero-order chi connectivity index (χ0) is 26.2. The van der Waals surface area contributed by atoms with E-state index in [4.69, 9.17) is 4.74 Å². The van der Waals surface area contributed by atoms with Gasteiger partial charge in [-0.15, -0.1) is 0 Å². The quantitative estimate of drug-likeness (QED) is 0.123. The first-order valence-electron chi connectivity index (χ1n) is 10.6. The van der Waals surface area contributed by atoms with Crippen molar-refractivity contribution in [2.45, 2.75) is 40.2 Å². The zero-order valence-electron chi connectivity index (χ0n) is 19.3. The molecular weight excluding hydrogens is 904 g/mol. The largest absolute Gasteiger partial charge is 0.454 e. The first kappa shape index (κ1) is 29.0. The fourth-order valence-electron chi connectivity index (χ4n) is 3.71. The maximum atomic E-state index is 13.4. The summed E-state index contributed by atoms with van der Waals surface area (Å²) in [5.41, 5.74) is 3.22. The lowest BCUT2D eigenvalue weighted by Crippen LogP contribution is -2.47. The number of amides is 3. The number of ether oxygens (including phenoxy) is 1. The number of carbonyl (C=O) groups excluding carboxylic acids is 4. The molecule has 0 unspecified atom stereocenters. The highest BCUT2D eigenvalue weighted by Crippen LogP contribution is 2.38. The molecule has 3 amide bonds. The number of fused-ring (bicyclic) bond motifs is 1. The van der Waals surface area contributed by atoms with E-state index in [2.05, 4.69) is 95.7 Å². The number of nitrogens with zero attached hydrogens (tertiary/aromatic N) is 1. The number of benzene rings is 2. The average molecular weight is 926 g/mol. The predicted octanol–water partition coefficient (Wildman–Crippen LogP) is 5.91. The minimum Gasteiger partial charge on any atom is -0.454 e. The monoisotopic (exact) mass is 926 g/mol. The summed E-state index contributed by atoms with van der Waals surface area (Å²) in [6.45, 7) is 7.10. The number of hydrogen-bond acceptors (Lipinski definition) is 5. The van der Waals surface area contributed by atoms with E-state index in [0.717, 1.165) is 23.2 Å². The van der Waals surface area contributed by atoms with Crippen LogP contribution in [-0.2, 0) is 14.3 Å². The lowest BCUT2D eigenvalue weighted by atomic mass is 10.0. The van der Waals surface area contributed by atoms with Gasteiger partial charge in [-0.2, -0.15) is 0 Å². The topological polar surface area (TPSA) is 92.8 Å². The molecule has 2 aromatic rings. The van der Waals surface area contributed by atoms with Gasteiger partial charge in [0.2, 0.25) is 0 Å². The van der Waals surface area contributed by atoms with E-state index < -0.39 is 36.3 Å². The summed E-state index contributed by atoms with van der Waals surface area (Å²) in [7, 11) is 0. The lowest BCUT2D eigenvalue weighted by molar-refractivity contribution is -0.151. The van der Waals surface area contributed by atoms with Crippen LogP contribution in [0.4, 0.5) is 5.69 Å². The van der Waals surface area contributed by atoms with Crippen molar-refractivity contribution in [3.8, 4) is 0 Å². The number of imide groups is 1. The first-order valence-corrected chi connectivity index (χ1v) is 14.9. The molecule has 7 nitrogen and oxygen atoms in total. The van der Waals surface area contributed by atoms with Gasteiger partial charge in [0, 0.05) is 20.0 Å². The Bertz CT molecular complexity index is 1200. The zero-order valence-corrected chi connectivity index (χ0v) is 27.9. The minimum atomic E-state index is -1.13. The number of carbonyl (C=O) groups is 4. The van der Waals surface area contributed by atoms with Gasteiger partial charge in [0.15, 0.2) is 6.61 Å². The molecule has 0 saturated carbocycles. The third-order valence-electron chi connectivity index (χ3n) is 5.64. The number of esters is 1. The van der Waals surface area contributed by atoms with Gasteiger partial charge in [0.25, 0.3) is 17.7 Å². The summed E-state index contributed by atoms with van der Waals surface area (Å²) in [5.74, 6) is -2.29. The summed E-state index contributed by atoms with van der Waals surface area (Å²) in [6, 6.07) is 4.41. The summed E-state index contributed by atoms with van der Waals surface area (Å²) in [5, 5.41) is 2.75. The van der Waals surface area contributed by atoms with Crippen molar-refractivity contribution < 1.29 is 23.9 Å². The Morgan fingerprint density at radius 3 is 2.00 bits per heavy atom. The van der Waals surface area contributed by atoms with Crippen LogP contribution in [-0.4, -0.2) is 41.2 Å². The Kier molecular flexibility index (Phi) is 9.84. The van der Waals surface area contributed by atoms with Crippen molar-refractivity contribution in [2.75, 3.05) is 11.9 Å². The Morgan fingerprint density at radius 1 is 0.943 bits per heavy atom. The predicted molar refractivity (Wildman–Crippen MR) is 167 cm³/mol. The van der Waals surface area contributed by atoms with Crippen LogP contribution in [0.25, 0.3) is 0 Å². The van der Waals surface area contributed by atoms with Gasteiger partial charge >= 0.3 is 5.97 Å². The highest BCUT2D eigenvalue weighted by Gasteiger charge is 2.47. The molecule has 1 aliphatic heterocycles. The normalized spacial score (nSPS) is 13.8. The van der Waals surface area contributed by atoms with Crippen LogP contribution in [0, 0.1) is 34.0 Å². The Hall–Kier alpha value is -0.560. The molecule has 1 aliphatic rings. The molecule has 1 heterocycles. The first-order chi connectivity index (χ1) is 16.4. The third-order valence-corrected chi connectivity index (χ3v) is 13.0. The van der Waals surface area contributed by atoms with Crippen molar-refractivity contribution in [3.63, 3.8) is 0 Å². The van der Waals surface area contributed by atoms with Crippen LogP contribution in [0.15, 0.2) is 18.2 Å². The van der Waals surface area contributed by atoms with Gasteiger partial charge in [-0.25, -0.2) is 4.79 Å². The molecule has 0 bridgehead atoms. The summed E-state index contributed by atoms with van der Waals surface area (Å²) >= 11 is 8.46. The highest BCUT2D eigenvalue weighted by molar-refractivity contribution is 14.1. The molecule has 0 radical (unpaired) electrons. The van der Waals surface area contributed by atoms with Crippen LogP contribution in [0.2, 0.25) is 0 Å². The Balaban J connectivity index is 1.83. The molecule has 2 aromatic carbocycles. The maximum Gasteiger partial charge on any atom is 0.329 e. The molecule has 1 atom stereocenters. The van der Waals surface area contributed by atoms with E-state index in [1.54, 1.807) is 6.07 Å². The molecule has 3 rings (SSSR count). The summed E-state index contributed by atoms with van der Waals surface area (Å²) < 4.78 is 8.48. The van der Waals surface area contributed by atoms with Gasteiger partial charge in [0.1, 0.15) is 6.04 Å². The second kappa shape index (κ2) is 11.9. The molecule has 35 heavy (non-hydrogen) atoms. The second-order valence-corrected chi connectivity index (χ2v) is 12.8. The standard InChI is InChI=1S/C24H22I4N2O5/c1-10(2)8-14(24(34)35-9-15(31)29-13-7-5-6-11(3)12(13)4)30-22(32)16-17(23(30)33)19(26)21(28)20(27)18(16)25/h5-7,10,14H,8-9H2,1-4H3,(H,29,31)/t14-/m1/s1. The second-order valence-electron chi connectivity index (χ2n) is 8.53. The molecule has 0 aliphatic carbocycles. The molecule has 0 fully saturated rings. The number of anilines is 1. The fraction of sp³-hybridized carbons (Fsp3) is 0.333. The maximum absolute atomic E-state index is 13.4. The highest BCUT2D eigenvalue weighted by atomic mass is 127. The lowest BCUT2D eigenvalue weighted by Gasteiger charge is -2.26. The van der Waals surface area contributed by atoms with E-state index in [-0.39, 0.29) is 12.3 Å². The van der Waals surface area contributed by atoms with Gasteiger partial charge in [0.05, 0.1) is 11.1 Å². The summed E-state index contributed by atoms with van der Waals surface area (Å²) in [4.78, 5) is 53.5. The van der Waals surface area contributed by atoms with Gasteiger partial charge < -0.3 is 10.1 Å². The van der Waals surface area contributed by atoms with E-state index in [9.17, 15) is 19.2 Å². The van der Waals surface area contributed by atoms with Crippen molar-refractivity contribution in [3.05, 3.63) is 54.7 Å². The Morgan fingerprint density at radius 2 is 1.49 bits per heavy atom. The number of nitrogens with one attached hydrogen (secondary N) is 1. The van der Waals surface area contributed by atoms with Gasteiger partial charge in [-0.3, -0.25) is 19.3 Å². The van der Waals surface area contributed by atoms with Crippen LogP contribution in [0.5, 0.6) is 0 Å². The van der Waals surface area contributed by atoms with Crippen molar-refractivity contribution in [1.82, 2.24) is 4.90 Å². The third kappa shape index (κ3) is 5.97. The smallest absolute Gasteiger partial charge is 0.329 e. The molecular formula is C24H22I4N2O5. The van der Waals surface area contributed by atoms with E-state index in [1.807, 2.05) is 39.8 Å². The fourth-order valence-corrected chi connectivity index (χ4v) is 7.36. The summed E-state index contributed by atoms with van der Waals surface area (Å²) in [6.07, 6.45) is 0.226. The molecule has 0 saturated heterocycles. The van der Waals surface area contributed by atoms with Crippen LogP contribution in [0.3, 0.4) is 0 Å². The van der Waals surface area contributed by atoms with Gasteiger partial charge in [-0.05, 0) is 134 Å². The molecule has 11 heteroatoms. The van der Waals surface area contributed by atoms with E-state index >= 15 is 0 Å². The van der Waals surface area contributed by atoms with E-state index in [0.29, 0.717) is 24.0 Å². The molecule has 1 N–H and O–H groups in total. The minimum absolute atomic E-state index is 0.000881. The van der Waals surface area contributed by atoms with Crippen molar-refractivity contribution in [2.24, 2.45) is 5.92 Å². The van der Waals surface area contributed by atoms with Crippen LogP contribution < -0.4 is 5.32 Å². The van der Waals surface area contributed by atoms with Gasteiger partial charge in [-0.1, -0.05) is 26.0 Å². The number of hydrogen-bond donors (Lipinski definition) is 1. The molecule has 0 aromatic heterocycles. The van der Waals surface area contributed by atoms with Crippen LogP contribution in [0.1, 0.15) is 52.1 Å². The number of rotatable bonds is 7. The van der Waals surface area contributed by atoms with Crippen molar-refractivity contribution >= 4 is 120 Å². The van der Waals surface area contributed by atoms with Crippen LogP contribution >= 0.6 is 90.4 Å². The SMILES string of the molecule is Cc1cccc(NC(=O)COC(=O)[C@@H](CC(C)C)N2C(=O)c3c(I)c(I)c(I)c(I)c3C2=O)c1C. The number of halogens is 4. The van der Waals surface area contributed by atoms with E-state index in [1.165, 1.54) is 0 Å². The number of aryl methyl sites for hydroxylation is 1. The Labute approximate surface area is 258 Å². The molecule has 0 spiro atoms.